The van der Waals surface area contributed by atoms with Crippen molar-refractivity contribution in [2.75, 3.05) is 0 Å². The first-order chi connectivity index (χ1) is 34.7. The van der Waals surface area contributed by atoms with Gasteiger partial charge in [0.25, 0.3) is 0 Å². The van der Waals surface area contributed by atoms with Crippen LogP contribution in [-0.2, 0) is 17.6 Å². The highest BCUT2D eigenvalue weighted by Crippen LogP contribution is 2.66. The lowest BCUT2D eigenvalue weighted by molar-refractivity contribution is 0.0502. The Labute approximate surface area is 452 Å². The van der Waals surface area contributed by atoms with E-state index in [1.165, 1.54) is 107 Å². The van der Waals surface area contributed by atoms with Crippen LogP contribution < -0.4 is 9.47 Å². The fourth-order valence-electron chi connectivity index (χ4n) is 13.7. The molecule has 6 rings (SSSR count). The zero-order chi connectivity index (χ0) is 54.4. The summed E-state index contributed by atoms with van der Waals surface area (Å²) < 4.78 is 21.1. The number of benzene rings is 1. The average Bonchev–Trinajstić information content (AvgIpc) is 3.93. The second-order valence-electron chi connectivity index (χ2n) is 26.9. The van der Waals surface area contributed by atoms with Gasteiger partial charge in [-0.05, 0) is 165 Å². The van der Waals surface area contributed by atoms with Crippen LogP contribution in [-0.4, -0.2) is 45.3 Å². The highest BCUT2D eigenvalue weighted by atomic mass is 16.6. The van der Waals surface area contributed by atoms with Crippen molar-refractivity contribution >= 4 is 0 Å². The average molecular weight is 1010 g/mol. The lowest BCUT2D eigenvalue weighted by Gasteiger charge is -2.41. The van der Waals surface area contributed by atoms with Gasteiger partial charge in [0.2, 0.25) is 0 Å². The van der Waals surface area contributed by atoms with Gasteiger partial charge >= 0.3 is 0 Å². The van der Waals surface area contributed by atoms with Crippen LogP contribution in [0.4, 0.5) is 0 Å². The summed E-state index contributed by atoms with van der Waals surface area (Å²) in [5.41, 5.74) is 11.4. The first-order valence-electron chi connectivity index (χ1n) is 29.4. The standard InChI is InChI=1S/C69H104O5/c1-46(2)24-20-26-48(4)28-21-29-49(5)31-23-37-67(16)38-36-59-60-42-56(40-51(7)35-39-69-66(14,15)44-58(71)45-68(69,17)74-69)62(72-63(60)54(10)55(11)64(59)73-67)52(8)32-19-18-25-47(3)27-22-30-50(6)33-34-61-53(9)41-57(70)43-65(61,12)13/h18-19,22,25,27,30,32-35,39-40,46,48-49,56-58,62,70-71H,20-21,23-24,26,28-29,31,36-38,41-45H2,1-17H3/t48-,49-,56-,57-,58+,62+,67-,68-,69+/m1/s1. The van der Waals surface area contributed by atoms with E-state index in [0.29, 0.717) is 6.42 Å². The Morgan fingerprint density at radius 3 is 1.95 bits per heavy atom. The second kappa shape index (κ2) is 24.8. The summed E-state index contributed by atoms with van der Waals surface area (Å²) in [6.07, 6.45) is 43.5. The van der Waals surface area contributed by atoms with Crippen molar-refractivity contribution in [3.63, 3.8) is 0 Å². The van der Waals surface area contributed by atoms with Crippen LogP contribution in [0.3, 0.4) is 0 Å². The van der Waals surface area contributed by atoms with Crippen LogP contribution in [0.1, 0.15) is 216 Å². The summed E-state index contributed by atoms with van der Waals surface area (Å²) in [5, 5.41) is 21.0. The number of fused-ring (bicyclic) bond motifs is 4. The van der Waals surface area contributed by atoms with Crippen LogP contribution >= 0.6 is 0 Å². The normalized spacial score (nSPS) is 30.3. The molecule has 5 heteroatoms. The van der Waals surface area contributed by atoms with E-state index in [4.69, 9.17) is 14.2 Å². The summed E-state index contributed by atoms with van der Waals surface area (Å²) in [6.45, 7) is 38.4. The van der Waals surface area contributed by atoms with Gasteiger partial charge in [0.05, 0.1) is 12.2 Å². The molecular weight excluding hydrogens is 909 g/mol. The number of rotatable bonds is 22. The third-order valence-corrected chi connectivity index (χ3v) is 18.3. The van der Waals surface area contributed by atoms with E-state index in [2.05, 4.69) is 191 Å². The molecule has 0 spiro atoms. The van der Waals surface area contributed by atoms with Crippen LogP contribution in [0.2, 0.25) is 0 Å². The number of hydrogen-bond acceptors (Lipinski definition) is 5. The Balaban J connectivity index is 1.17. The first kappa shape index (κ1) is 59.6. The van der Waals surface area contributed by atoms with Gasteiger partial charge in [-0.1, -0.05) is 189 Å². The molecule has 0 unspecified atom stereocenters. The van der Waals surface area contributed by atoms with Crippen LogP contribution in [0.5, 0.6) is 11.5 Å². The Kier molecular flexibility index (Phi) is 20.0. The molecule has 5 nitrogen and oxygen atoms in total. The van der Waals surface area contributed by atoms with Crippen LogP contribution in [0, 0.1) is 48.3 Å². The van der Waals surface area contributed by atoms with Crippen molar-refractivity contribution < 1.29 is 24.4 Å². The molecule has 5 aliphatic rings. The predicted octanol–water partition coefficient (Wildman–Crippen LogP) is 18.0. The van der Waals surface area contributed by atoms with E-state index in [9.17, 15) is 10.2 Å². The summed E-state index contributed by atoms with van der Waals surface area (Å²) in [5.74, 6) is 4.69. The molecule has 3 heterocycles. The van der Waals surface area contributed by atoms with Gasteiger partial charge in [0.15, 0.2) is 0 Å². The molecule has 1 aromatic rings. The molecule has 410 valence electrons. The Morgan fingerprint density at radius 2 is 1.28 bits per heavy atom. The number of aliphatic hydroxyl groups excluding tert-OH is 2. The number of hydrogen-bond donors (Lipinski definition) is 2. The molecule has 2 N–H and O–H groups in total. The molecule has 2 fully saturated rings. The zero-order valence-corrected chi connectivity index (χ0v) is 49.9. The third-order valence-electron chi connectivity index (χ3n) is 18.3. The smallest absolute Gasteiger partial charge is 0.127 e. The van der Waals surface area contributed by atoms with Gasteiger partial charge in [-0.2, -0.15) is 0 Å². The second-order valence-corrected chi connectivity index (χ2v) is 26.9. The van der Waals surface area contributed by atoms with Crippen LogP contribution in [0.15, 0.2) is 106 Å². The van der Waals surface area contributed by atoms with E-state index in [1.54, 1.807) is 0 Å². The summed E-state index contributed by atoms with van der Waals surface area (Å²) in [4.78, 5) is 0. The number of ether oxygens (including phenoxy) is 3. The molecule has 1 saturated carbocycles. The van der Waals surface area contributed by atoms with Gasteiger partial charge in [-0.15, -0.1) is 0 Å². The van der Waals surface area contributed by atoms with Crippen molar-refractivity contribution in [1.82, 2.24) is 0 Å². The lowest BCUT2D eigenvalue weighted by atomic mass is 9.63. The Bertz CT molecular complexity index is 2410. The Morgan fingerprint density at radius 1 is 0.662 bits per heavy atom. The maximum absolute atomic E-state index is 10.7. The summed E-state index contributed by atoms with van der Waals surface area (Å²) in [6, 6.07) is 0. The highest BCUT2D eigenvalue weighted by Gasteiger charge is 2.74. The number of allylic oxidation sites excluding steroid dienone is 14. The van der Waals surface area contributed by atoms with Gasteiger partial charge in [-0.3, -0.25) is 0 Å². The van der Waals surface area contributed by atoms with Crippen molar-refractivity contribution in [2.45, 2.75) is 256 Å². The predicted molar refractivity (Wildman–Crippen MR) is 314 cm³/mol. The highest BCUT2D eigenvalue weighted by molar-refractivity contribution is 5.61. The molecule has 1 aromatic carbocycles. The SMILES string of the molecule is CC(C=CC=C(C)C=CC1=C(C)C[C@@H](O)CC1(C)C)=CC=CC=C(C)[C@@H]1Oc2c(C)c(C)c3c(c2C[C@H]1C=C(C)C=C[C@@]12O[C@]1(C)C[C@@H](O)CC2(C)C)CC[C@@](C)(CCC[C@H](C)CCC[C@H](C)CCCC(C)C)O3. The molecule has 0 aromatic heterocycles. The van der Waals surface area contributed by atoms with Crippen molar-refractivity contribution in [1.29, 1.82) is 0 Å². The summed E-state index contributed by atoms with van der Waals surface area (Å²) >= 11 is 0. The molecule has 74 heavy (non-hydrogen) atoms. The molecule has 0 amide bonds. The lowest BCUT2D eigenvalue weighted by Crippen LogP contribution is -2.46. The minimum absolute atomic E-state index is 0.0268. The molecule has 2 aliphatic carbocycles. The quantitative estimate of drug-likeness (QED) is 0.0894. The van der Waals surface area contributed by atoms with Crippen molar-refractivity contribution in [2.24, 2.45) is 34.5 Å². The maximum atomic E-state index is 10.7. The zero-order valence-electron chi connectivity index (χ0n) is 49.9. The van der Waals surface area contributed by atoms with Crippen molar-refractivity contribution in [3.05, 3.63) is 129 Å². The first-order valence-corrected chi connectivity index (χ1v) is 29.4. The van der Waals surface area contributed by atoms with E-state index in [-0.39, 0.29) is 51.9 Å². The number of epoxide rings is 1. The largest absolute Gasteiger partial charge is 0.487 e. The maximum Gasteiger partial charge on any atom is 0.127 e. The van der Waals surface area contributed by atoms with Gasteiger partial charge in [0.1, 0.15) is 34.4 Å². The summed E-state index contributed by atoms with van der Waals surface area (Å²) in [7, 11) is 0. The molecule has 9 atom stereocenters. The fraction of sp³-hybridized carbons (Fsp3) is 0.652. The monoisotopic (exact) mass is 1010 g/mol. The molecule has 3 aliphatic heterocycles. The fourth-order valence-corrected chi connectivity index (χ4v) is 13.7. The topological polar surface area (TPSA) is 71.5 Å². The minimum atomic E-state index is -0.382. The number of aliphatic hydroxyl groups is 2. The van der Waals surface area contributed by atoms with Gasteiger partial charge in [0, 0.05) is 28.9 Å². The minimum Gasteiger partial charge on any atom is -0.487 e. The molecular formula is C69H104O5. The van der Waals surface area contributed by atoms with E-state index >= 15 is 0 Å². The van der Waals surface area contributed by atoms with E-state index in [0.717, 1.165) is 74.2 Å². The Hall–Kier alpha value is -3.64. The van der Waals surface area contributed by atoms with Crippen LogP contribution in [0.25, 0.3) is 0 Å². The van der Waals surface area contributed by atoms with E-state index in [1.807, 2.05) is 0 Å². The molecule has 0 bridgehead atoms. The van der Waals surface area contributed by atoms with Gasteiger partial charge < -0.3 is 24.4 Å². The van der Waals surface area contributed by atoms with Crippen molar-refractivity contribution in [3.8, 4) is 11.5 Å². The van der Waals surface area contributed by atoms with E-state index < -0.39 is 0 Å². The van der Waals surface area contributed by atoms with Gasteiger partial charge in [-0.25, -0.2) is 0 Å². The third kappa shape index (κ3) is 14.7. The molecule has 0 radical (unpaired) electrons. The molecule has 1 saturated heterocycles.